The molecule has 0 unspecified atom stereocenters. The minimum absolute atomic E-state index is 0.125. The van der Waals surface area contributed by atoms with Crippen LogP contribution in [0.3, 0.4) is 0 Å². The Morgan fingerprint density at radius 3 is 2.68 bits per heavy atom. The van der Waals surface area contributed by atoms with Crippen molar-refractivity contribution in [3.8, 4) is 5.69 Å². The fourth-order valence-corrected chi connectivity index (χ4v) is 4.00. The fraction of sp³-hybridized carbons (Fsp3) is 0.238. The minimum atomic E-state index is -0.229. The van der Waals surface area contributed by atoms with E-state index in [9.17, 15) is 9.59 Å². The molecule has 1 aliphatic rings. The van der Waals surface area contributed by atoms with Crippen molar-refractivity contribution in [3.05, 3.63) is 63.9 Å². The van der Waals surface area contributed by atoms with Crippen LogP contribution in [0, 0.1) is 6.92 Å². The number of anilines is 1. The average Bonchev–Trinajstić information content (AvgIpc) is 3.42. The number of benzene rings is 2. The summed E-state index contributed by atoms with van der Waals surface area (Å²) in [5.74, 6) is -0.302. The van der Waals surface area contributed by atoms with Crippen LogP contribution in [0.15, 0.2) is 47.9 Å². The van der Waals surface area contributed by atoms with Crippen molar-refractivity contribution < 1.29 is 9.59 Å². The molecule has 0 bridgehead atoms. The first-order valence-electron chi connectivity index (χ1n) is 9.60. The van der Waals surface area contributed by atoms with Gasteiger partial charge in [0.1, 0.15) is 6.33 Å². The molecule has 2 amide bonds. The maximum atomic E-state index is 12.4. The molecule has 7 nitrogen and oxygen atoms in total. The van der Waals surface area contributed by atoms with Gasteiger partial charge < -0.3 is 10.6 Å². The van der Waals surface area contributed by atoms with Gasteiger partial charge in [-0.15, -0.1) is 10.2 Å². The Bertz CT molecular complexity index is 1150. The summed E-state index contributed by atoms with van der Waals surface area (Å²) in [5.41, 5.74) is 2.70. The molecule has 2 N–H and O–H groups in total. The molecule has 10 heteroatoms. The summed E-state index contributed by atoms with van der Waals surface area (Å²) >= 11 is 13.7. The van der Waals surface area contributed by atoms with Crippen molar-refractivity contribution in [1.29, 1.82) is 0 Å². The highest BCUT2D eigenvalue weighted by molar-refractivity contribution is 7.99. The average molecular weight is 476 g/mol. The van der Waals surface area contributed by atoms with Crippen molar-refractivity contribution in [1.82, 2.24) is 20.1 Å². The van der Waals surface area contributed by atoms with Gasteiger partial charge in [-0.25, -0.2) is 0 Å². The van der Waals surface area contributed by atoms with E-state index in [1.807, 2.05) is 25.1 Å². The number of aryl methyl sites for hydroxylation is 1. The van der Waals surface area contributed by atoms with Crippen LogP contribution in [0.5, 0.6) is 0 Å². The molecule has 1 aromatic heterocycles. The van der Waals surface area contributed by atoms with E-state index in [2.05, 4.69) is 20.8 Å². The zero-order valence-corrected chi connectivity index (χ0v) is 18.9. The number of hydrogen-bond donors (Lipinski definition) is 2. The Morgan fingerprint density at radius 2 is 1.97 bits per heavy atom. The molecular weight excluding hydrogens is 457 g/mol. The lowest BCUT2D eigenvalue weighted by Gasteiger charge is -2.10. The Kier molecular flexibility index (Phi) is 6.50. The third kappa shape index (κ3) is 5.39. The molecule has 4 rings (SSSR count). The van der Waals surface area contributed by atoms with Gasteiger partial charge in [-0.1, -0.05) is 41.0 Å². The Labute approximate surface area is 193 Å². The van der Waals surface area contributed by atoms with Gasteiger partial charge >= 0.3 is 0 Å². The number of rotatable bonds is 7. The van der Waals surface area contributed by atoms with Gasteiger partial charge in [0.15, 0.2) is 5.16 Å². The van der Waals surface area contributed by atoms with Crippen molar-refractivity contribution in [2.24, 2.45) is 0 Å². The Hall–Kier alpha value is -2.55. The molecule has 1 heterocycles. The Balaban J connectivity index is 1.37. The maximum absolute atomic E-state index is 12.4. The normalized spacial score (nSPS) is 13.1. The van der Waals surface area contributed by atoms with Crippen molar-refractivity contribution in [2.45, 2.75) is 31.0 Å². The van der Waals surface area contributed by atoms with Gasteiger partial charge in [0.05, 0.1) is 22.0 Å². The lowest BCUT2D eigenvalue weighted by Crippen LogP contribution is -2.25. The number of amides is 2. The predicted octanol–water partition coefficient (Wildman–Crippen LogP) is 4.51. The zero-order chi connectivity index (χ0) is 22.0. The molecule has 160 valence electrons. The van der Waals surface area contributed by atoms with Crippen LogP contribution >= 0.6 is 35.0 Å². The van der Waals surface area contributed by atoms with Gasteiger partial charge in [0.25, 0.3) is 5.91 Å². The fourth-order valence-electron chi connectivity index (χ4n) is 2.83. The molecule has 1 fully saturated rings. The minimum Gasteiger partial charge on any atom is -0.349 e. The third-order valence-corrected chi connectivity index (χ3v) is 6.36. The molecule has 1 aliphatic carbocycles. The van der Waals surface area contributed by atoms with Crippen molar-refractivity contribution >= 4 is 52.5 Å². The van der Waals surface area contributed by atoms with Gasteiger partial charge in [0, 0.05) is 16.8 Å². The SMILES string of the molecule is Cc1ccc(-n2cnnc2SCC(=O)Nc2ccc(C(=O)NC3CC3)c(Cl)c2)cc1Cl. The zero-order valence-electron chi connectivity index (χ0n) is 16.6. The molecule has 2 aromatic carbocycles. The van der Waals surface area contributed by atoms with E-state index in [1.165, 1.54) is 11.8 Å². The number of carbonyl (C=O) groups is 2. The maximum Gasteiger partial charge on any atom is 0.253 e. The van der Waals surface area contributed by atoms with E-state index in [1.54, 1.807) is 29.1 Å². The summed E-state index contributed by atoms with van der Waals surface area (Å²) in [7, 11) is 0. The van der Waals surface area contributed by atoms with Crippen LogP contribution in [0.2, 0.25) is 10.0 Å². The molecule has 0 atom stereocenters. The molecular formula is C21H19Cl2N5O2S. The highest BCUT2D eigenvalue weighted by Crippen LogP contribution is 2.26. The topological polar surface area (TPSA) is 88.9 Å². The molecule has 0 spiro atoms. The van der Waals surface area contributed by atoms with E-state index < -0.39 is 0 Å². The van der Waals surface area contributed by atoms with E-state index in [4.69, 9.17) is 23.2 Å². The molecule has 31 heavy (non-hydrogen) atoms. The summed E-state index contributed by atoms with van der Waals surface area (Å²) < 4.78 is 1.77. The van der Waals surface area contributed by atoms with Gasteiger partial charge in [-0.2, -0.15) is 0 Å². The van der Waals surface area contributed by atoms with Crippen LogP contribution in [-0.2, 0) is 4.79 Å². The standard InChI is InChI=1S/C21H19Cl2N5O2S/c1-12-2-6-15(9-17(12)22)28-11-24-27-21(28)31-10-19(29)25-14-5-7-16(18(23)8-14)20(30)26-13-3-4-13/h2,5-9,11,13H,3-4,10H2,1H3,(H,25,29)(H,26,30). The molecule has 1 saturated carbocycles. The van der Waals surface area contributed by atoms with Crippen LogP contribution in [0.4, 0.5) is 5.69 Å². The summed E-state index contributed by atoms with van der Waals surface area (Å²) in [6.07, 6.45) is 3.58. The second-order valence-corrected chi connectivity index (χ2v) is 8.95. The first-order chi connectivity index (χ1) is 14.9. The van der Waals surface area contributed by atoms with Crippen LogP contribution in [0.1, 0.15) is 28.8 Å². The number of thioether (sulfide) groups is 1. The van der Waals surface area contributed by atoms with Gasteiger partial charge in [0.2, 0.25) is 5.91 Å². The van der Waals surface area contributed by atoms with E-state index in [-0.39, 0.29) is 23.6 Å². The smallest absolute Gasteiger partial charge is 0.253 e. The monoisotopic (exact) mass is 475 g/mol. The van der Waals surface area contributed by atoms with Crippen LogP contribution in [0.25, 0.3) is 5.69 Å². The van der Waals surface area contributed by atoms with Gasteiger partial charge in [-0.3, -0.25) is 14.2 Å². The number of hydrogen-bond acceptors (Lipinski definition) is 5. The lowest BCUT2D eigenvalue weighted by atomic mass is 10.2. The number of halogens is 2. The highest BCUT2D eigenvalue weighted by atomic mass is 35.5. The summed E-state index contributed by atoms with van der Waals surface area (Å²) in [6.45, 7) is 1.93. The van der Waals surface area contributed by atoms with Crippen LogP contribution < -0.4 is 10.6 Å². The van der Waals surface area contributed by atoms with Gasteiger partial charge in [-0.05, 0) is 55.7 Å². The number of carbonyl (C=O) groups excluding carboxylic acids is 2. The van der Waals surface area contributed by atoms with E-state index in [0.717, 1.165) is 24.1 Å². The lowest BCUT2D eigenvalue weighted by molar-refractivity contribution is -0.113. The van der Waals surface area contributed by atoms with Crippen LogP contribution in [-0.4, -0.2) is 38.4 Å². The molecule has 3 aromatic rings. The van der Waals surface area contributed by atoms with Crippen molar-refractivity contribution in [3.63, 3.8) is 0 Å². The predicted molar refractivity (Wildman–Crippen MR) is 122 cm³/mol. The Morgan fingerprint density at radius 1 is 1.16 bits per heavy atom. The third-order valence-electron chi connectivity index (χ3n) is 4.69. The first kappa shape index (κ1) is 21.7. The van der Waals surface area contributed by atoms with Crippen molar-refractivity contribution in [2.75, 3.05) is 11.1 Å². The quantitative estimate of drug-likeness (QED) is 0.490. The molecule has 0 aliphatic heterocycles. The molecule has 0 saturated heterocycles. The highest BCUT2D eigenvalue weighted by Gasteiger charge is 2.24. The summed E-state index contributed by atoms with van der Waals surface area (Å²) in [5, 5.41) is 15.2. The number of nitrogens with one attached hydrogen (secondary N) is 2. The van der Waals surface area contributed by atoms with E-state index >= 15 is 0 Å². The largest absolute Gasteiger partial charge is 0.349 e. The second kappa shape index (κ2) is 9.30. The van der Waals surface area contributed by atoms with E-state index in [0.29, 0.717) is 26.5 Å². The summed E-state index contributed by atoms with van der Waals surface area (Å²) in [6, 6.07) is 10.7. The molecule has 0 radical (unpaired) electrons. The first-order valence-corrected chi connectivity index (χ1v) is 11.3. The number of nitrogens with zero attached hydrogens (tertiary/aromatic N) is 3. The summed E-state index contributed by atoms with van der Waals surface area (Å²) in [4.78, 5) is 24.6. The second-order valence-electron chi connectivity index (χ2n) is 7.20. The number of aromatic nitrogens is 3.